The average Bonchev–Trinajstić information content (AvgIpc) is 2.17. The molecule has 5 heteroatoms. The lowest BCUT2D eigenvalue weighted by atomic mass is 10.2. The van der Waals surface area contributed by atoms with Crippen molar-refractivity contribution in [3.8, 4) is 0 Å². The first kappa shape index (κ1) is 11.3. The molecule has 0 aliphatic carbocycles. The summed E-state index contributed by atoms with van der Waals surface area (Å²) in [6, 6.07) is 1.81. The number of hydrogen-bond acceptors (Lipinski definition) is 5. The lowest BCUT2D eigenvalue weighted by Crippen LogP contribution is -2.11. The molecule has 0 unspecified atom stereocenters. The highest BCUT2D eigenvalue weighted by atomic mass is 16.5. The maximum atomic E-state index is 7.57. The number of nitrogens with zero attached hydrogens (tertiary/aromatic N) is 1. The zero-order chi connectivity index (χ0) is 11.3. The van der Waals surface area contributed by atoms with Gasteiger partial charge in [0.2, 0.25) is 5.90 Å². The Morgan fingerprint density at radius 2 is 2.20 bits per heavy atom. The Labute approximate surface area is 88.5 Å². The summed E-state index contributed by atoms with van der Waals surface area (Å²) in [5.74, 6) is -0.0491. The van der Waals surface area contributed by atoms with Crippen LogP contribution < -0.4 is 5.32 Å². The van der Waals surface area contributed by atoms with Gasteiger partial charge in [-0.15, -0.1) is 0 Å². The largest absolute Gasteiger partial charge is 0.425 e. The average molecular weight is 206 g/mol. The number of nitrogens with one attached hydrogen (secondary N) is 3. The van der Waals surface area contributed by atoms with E-state index in [2.05, 4.69) is 10.3 Å². The second kappa shape index (κ2) is 5.21. The van der Waals surface area contributed by atoms with Crippen LogP contribution in [0.4, 0.5) is 0 Å². The molecule has 0 aliphatic heterocycles. The van der Waals surface area contributed by atoms with Crippen molar-refractivity contribution >= 4 is 11.8 Å². The van der Waals surface area contributed by atoms with Gasteiger partial charge in [0, 0.05) is 25.9 Å². The van der Waals surface area contributed by atoms with Crippen molar-refractivity contribution in [2.75, 3.05) is 7.05 Å². The normalized spacial score (nSPS) is 9.73. The molecule has 15 heavy (non-hydrogen) atoms. The van der Waals surface area contributed by atoms with Crippen molar-refractivity contribution in [2.24, 2.45) is 0 Å². The van der Waals surface area contributed by atoms with Crippen molar-refractivity contribution in [1.29, 1.82) is 10.8 Å². The van der Waals surface area contributed by atoms with Gasteiger partial charge in [-0.25, -0.2) is 0 Å². The highest BCUT2D eigenvalue weighted by Crippen LogP contribution is 2.04. The van der Waals surface area contributed by atoms with Gasteiger partial charge in [0.15, 0.2) is 5.90 Å². The summed E-state index contributed by atoms with van der Waals surface area (Å²) in [5.41, 5.74) is 1.56. The van der Waals surface area contributed by atoms with Gasteiger partial charge in [-0.3, -0.25) is 15.8 Å². The molecule has 0 saturated heterocycles. The van der Waals surface area contributed by atoms with E-state index in [1.807, 2.05) is 13.1 Å². The van der Waals surface area contributed by atoms with Crippen LogP contribution in [0, 0.1) is 10.8 Å². The lowest BCUT2D eigenvalue weighted by Gasteiger charge is -2.06. The predicted octanol–water partition coefficient (Wildman–Crippen LogP) is 1.14. The van der Waals surface area contributed by atoms with Gasteiger partial charge in [-0.05, 0) is 18.7 Å². The van der Waals surface area contributed by atoms with Crippen molar-refractivity contribution in [2.45, 2.75) is 13.5 Å². The Morgan fingerprint density at radius 3 is 2.80 bits per heavy atom. The maximum Gasteiger partial charge on any atom is 0.222 e. The van der Waals surface area contributed by atoms with Crippen LogP contribution in [0.5, 0.6) is 0 Å². The summed E-state index contributed by atoms with van der Waals surface area (Å²) in [5, 5.41) is 17.7. The van der Waals surface area contributed by atoms with Gasteiger partial charge >= 0.3 is 0 Å². The SMILES string of the molecule is CNCc1cncc(C(=N)OC(C)=N)c1. The zero-order valence-electron chi connectivity index (χ0n) is 8.79. The fourth-order valence-corrected chi connectivity index (χ4v) is 1.12. The monoisotopic (exact) mass is 206 g/mol. The van der Waals surface area contributed by atoms with E-state index < -0.39 is 0 Å². The third-order valence-corrected chi connectivity index (χ3v) is 1.69. The third kappa shape index (κ3) is 3.47. The van der Waals surface area contributed by atoms with E-state index in [0.29, 0.717) is 12.1 Å². The van der Waals surface area contributed by atoms with E-state index >= 15 is 0 Å². The van der Waals surface area contributed by atoms with Gasteiger partial charge in [0.05, 0.1) is 5.56 Å². The number of ether oxygens (including phenoxy) is 1. The minimum atomic E-state index is -0.0482. The second-order valence-corrected chi connectivity index (χ2v) is 3.10. The number of hydrogen-bond donors (Lipinski definition) is 3. The van der Waals surface area contributed by atoms with Crippen LogP contribution in [0.1, 0.15) is 18.1 Å². The molecule has 3 N–H and O–H groups in total. The van der Waals surface area contributed by atoms with Gasteiger partial charge in [0.1, 0.15) is 0 Å². The number of rotatable bonds is 3. The first-order chi connectivity index (χ1) is 7.13. The van der Waals surface area contributed by atoms with E-state index in [1.54, 1.807) is 12.4 Å². The van der Waals surface area contributed by atoms with Crippen molar-refractivity contribution in [1.82, 2.24) is 10.3 Å². The van der Waals surface area contributed by atoms with Gasteiger partial charge in [-0.2, -0.15) is 0 Å². The van der Waals surface area contributed by atoms with Crippen LogP contribution in [0.2, 0.25) is 0 Å². The van der Waals surface area contributed by atoms with Crippen LogP contribution in [-0.4, -0.2) is 23.8 Å². The second-order valence-electron chi connectivity index (χ2n) is 3.10. The van der Waals surface area contributed by atoms with E-state index in [1.165, 1.54) is 6.92 Å². The molecule has 0 atom stereocenters. The molecule has 1 rings (SSSR count). The van der Waals surface area contributed by atoms with Crippen LogP contribution in [0.25, 0.3) is 0 Å². The van der Waals surface area contributed by atoms with E-state index in [9.17, 15) is 0 Å². The molecule has 0 aromatic carbocycles. The molecule has 0 saturated carbocycles. The Balaban J connectivity index is 2.80. The molecule has 0 aliphatic rings. The minimum absolute atomic E-state index is 0.000908. The van der Waals surface area contributed by atoms with Gasteiger partial charge < -0.3 is 10.1 Å². The Hall–Kier alpha value is -1.75. The molecule has 0 amide bonds. The highest BCUT2D eigenvalue weighted by molar-refractivity contribution is 5.98. The van der Waals surface area contributed by atoms with Gasteiger partial charge in [0.25, 0.3) is 0 Å². The molecule has 0 spiro atoms. The topological polar surface area (TPSA) is 81.8 Å². The molecule has 1 aromatic heterocycles. The smallest absolute Gasteiger partial charge is 0.222 e. The van der Waals surface area contributed by atoms with Gasteiger partial charge in [-0.1, -0.05) is 0 Å². The van der Waals surface area contributed by atoms with Crippen molar-refractivity contribution in [3.63, 3.8) is 0 Å². The summed E-state index contributed by atoms with van der Waals surface area (Å²) >= 11 is 0. The van der Waals surface area contributed by atoms with Crippen LogP contribution in [0.15, 0.2) is 18.5 Å². The van der Waals surface area contributed by atoms with E-state index in [-0.39, 0.29) is 11.8 Å². The molecule has 0 radical (unpaired) electrons. The molecule has 0 fully saturated rings. The van der Waals surface area contributed by atoms with E-state index in [4.69, 9.17) is 15.6 Å². The zero-order valence-corrected chi connectivity index (χ0v) is 8.79. The molecule has 80 valence electrons. The molecule has 1 aromatic rings. The maximum absolute atomic E-state index is 7.57. The molecule has 0 bridgehead atoms. The molecular weight excluding hydrogens is 192 g/mol. The quantitative estimate of drug-likeness (QED) is 0.512. The standard InChI is InChI=1S/C10H14N4O/c1-7(11)15-10(12)9-3-8(4-13-2)5-14-6-9/h3,5-6,11-13H,4H2,1-2H3. The van der Waals surface area contributed by atoms with Crippen LogP contribution in [0.3, 0.4) is 0 Å². The van der Waals surface area contributed by atoms with E-state index in [0.717, 1.165) is 5.56 Å². The lowest BCUT2D eigenvalue weighted by molar-refractivity contribution is 0.531. The Morgan fingerprint density at radius 1 is 1.47 bits per heavy atom. The minimum Gasteiger partial charge on any atom is -0.425 e. The summed E-state index contributed by atoms with van der Waals surface area (Å²) in [6.45, 7) is 2.18. The Bertz CT molecular complexity index is 375. The van der Waals surface area contributed by atoms with Crippen LogP contribution in [-0.2, 0) is 11.3 Å². The molecule has 1 heterocycles. The molecule has 5 nitrogen and oxygen atoms in total. The predicted molar refractivity (Wildman–Crippen MR) is 58.3 cm³/mol. The fourth-order valence-electron chi connectivity index (χ4n) is 1.12. The first-order valence-corrected chi connectivity index (χ1v) is 4.54. The summed E-state index contributed by atoms with van der Waals surface area (Å²) in [4.78, 5) is 4.00. The highest BCUT2D eigenvalue weighted by Gasteiger charge is 2.05. The number of aromatic nitrogens is 1. The molecular formula is C10H14N4O. The summed E-state index contributed by atoms with van der Waals surface area (Å²) < 4.78 is 4.88. The fraction of sp³-hybridized carbons (Fsp3) is 0.300. The Kier molecular flexibility index (Phi) is 3.93. The van der Waals surface area contributed by atoms with Crippen molar-refractivity contribution in [3.05, 3.63) is 29.6 Å². The van der Waals surface area contributed by atoms with Crippen LogP contribution >= 0.6 is 0 Å². The van der Waals surface area contributed by atoms with Crippen molar-refractivity contribution < 1.29 is 4.74 Å². The number of pyridine rings is 1. The first-order valence-electron chi connectivity index (χ1n) is 4.54. The summed E-state index contributed by atoms with van der Waals surface area (Å²) in [6.07, 6.45) is 3.27. The third-order valence-electron chi connectivity index (χ3n) is 1.69. The summed E-state index contributed by atoms with van der Waals surface area (Å²) in [7, 11) is 1.84.